The van der Waals surface area contributed by atoms with E-state index in [0.29, 0.717) is 6.54 Å². The van der Waals surface area contributed by atoms with Crippen molar-refractivity contribution in [2.75, 3.05) is 21.3 Å². The summed E-state index contributed by atoms with van der Waals surface area (Å²) in [4.78, 5) is 14.5. The first-order valence-electron chi connectivity index (χ1n) is 7.86. The average molecular weight is 331 g/mol. The Morgan fingerprint density at radius 2 is 2.00 bits per heavy atom. The third-order valence-corrected chi connectivity index (χ3v) is 4.26. The van der Waals surface area contributed by atoms with E-state index >= 15 is 0 Å². The lowest BCUT2D eigenvalue weighted by molar-refractivity contribution is -0.131. The smallest absolute Gasteiger partial charge is 0.230 e. The molecular formula is C18H25N3O3. The molecule has 2 aromatic rings. The van der Waals surface area contributed by atoms with E-state index < -0.39 is 0 Å². The van der Waals surface area contributed by atoms with Crippen LogP contribution < -0.4 is 9.47 Å². The molecule has 0 aliphatic heterocycles. The van der Waals surface area contributed by atoms with Gasteiger partial charge in [0.15, 0.2) is 0 Å². The van der Waals surface area contributed by atoms with Gasteiger partial charge in [0.2, 0.25) is 5.91 Å². The van der Waals surface area contributed by atoms with Crippen molar-refractivity contribution in [2.24, 2.45) is 0 Å². The van der Waals surface area contributed by atoms with E-state index in [4.69, 9.17) is 9.47 Å². The number of benzene rings is 1. The molecule has 1 atom stereocenters. The molecule has 2 rings (SSSR count). The molecule has 1 aromatic heterocycles. The zero-order valence-corrected chi connectivity index (χ0v) is 15.1. The first-order valence-corrected chi connectivity index (χ1v) is 7.86. The van der Waals surface area contributed by atoms with Crippen LogP contribution in [0.2, 0.25) is 0 Å². The zero-order chi connectivity index (χ0) is 17.9. The Morgan fingerprint density at radius 1 is 1.29 bits per heavy atom. The number of amides is 1. The van der Waals surface area contributed by atoms with Crippen molar-refractivity contribution < 1.29 is 14.3 Å². The first-order chi connectivity index (χ1) is 11.4. The predicted molar refractivity (Wildman–Crippen MR) is 92.5 cm³/mol. The maximum absolute atomic E-state index is 12.8. The van der Waals surface area contributed by atoms with Crippen molar-refractivity contribution in [3.05, 3.63) is 40.7 Å². The molecule has 0 bridgehead atoms. The summed E-state index contributed by atoms with van der Waals surface area (Å²) in [5, 5.41) is 7.12. The van der Waals surface area contributed by atoms with Crippen molar-refractivity contribution >= 4 is 5.91 Å². The van der Waals surface area contributed by atoms with Gasteiger partial charge in [0.05, 0.1) is 25.8 Å². The summed E-state index contributed by atoms with van der Waals surface area (Å²) in [6.07, 6.45) is 0. The number of methoxy groups -OCH3 is 2. The minimum absolute atomic E-state index is 0.0347. The summed E-state index contributed by atoms with van der Waals surface area (Å²) in [7, 11) is 5.03. The van der Waals surface area contributed by atoms with Gasteiger partial charge in [-0.2, -0.15) is 5.10 Å². The molecule has 130 valence electrons. The van der Waals surface area contributed by atoms with Crippen LogP contribution in [0.5, 0.6) is 11.5 Å². The van der Waals surface area contributed by atoms with E-state index in [-0.39, 0.29) is 11.8 Å². The van der Waals surface area contributed by atoms with Crippen LogP contribution >= 0.6 is 0 Å². The fourth-order valence-corrected chi connectivity index (χ4v) is 2.99. The molecule has 0 aliphatic carbocycles. The number of likely N-dealkylation sites (N-methyl/N-ethyl adjacent to an activating group) is 1. The zero-order valence-electron chi connectivity index (χ0n) is 15.1. The molecule has 24 heavy (non-hydrogen) atoms. The van der Waals surface area contributed by atoms with Crippen molar-refractivity contribution in [1.29, 1.82) is 0 Å². The summed E-state index contributed by atoms with van der Waals surface area (Å²) < 4.78 is 10.7. The van der Waals surface area contributed by atoms with Gasteiger partial charge in [-0.25, -0.2) is 0 Å². The molecule has 1 heterocycles. The molecule has 6 nitrogen and oxygen atoms in total. The molecule has 0 spiro atoms. The van der Waals surface area contributed by atoms with Crippen LogP contribution in [0.3, 0.4) is 0 Å². The average Bonchev–Trinajstić information content (AvgIpc) is 2.91. The number of aryl methyl sites for hydroxylation is 2. The van der Waals surface area contributed by atoms with Gasteiger partial charge in [0.25, 0.3) is 0 Å². The Morgan fingerprint density at radius 3 is 2.54 bits per heavy atom. The number of carbonyl (C=O) groups excluding carboxylic acids is 1. The third-order valence-electron chi connectivity index (χ3n) is 4.26. The first kappa shape index (κ1) is 17.8. The Hall–Kier alpha value is -2.50. The monoisotopic (exact) mass is 331 g/mol. The van der Waals surface area contributed by atoms with Gasteiger partial charge in [0.1, 0.15) is 11.5 Å². The molecule has 0 radical (unpaired) electrons. The van der Waals surface area contributed by atoms with Crippen molar-refractivity contribution in [2.45, 2.75) is 33.2 Å². The van der Waals surface area contributed by atoms with Gasteiger partial charge in [-0.15, -0.1) is 0 Å². The number of H-pyrrole nitrogens is 1. The van der Waals surface area contributed by atoms with Crippen molar-refractivity contribution in [3.63, 3.8) is 0 Å². The highest BCUT2D eigenvalue weighted by atomic mass is 16.5. The van der Waals surface area contributed by atoms with E-state index in [1.807, 2.05) is 39.0 Å². The molecular weight excluding hydrogens is 306 g/mol. The maximum atomic E-state index is 12.8. The van der Waals surface area contributed by atoms with Crippen molar-refractivity contribution in [1.82, 2.24) is 15.1 Å². The number of aromatic amines is 1. The highest BCUT2D eigenvalue weighted by Gasteiger charge is 2.24. The Balaban J connectivity index is 2.20. The van der Waals surface area contributed by atoms with Gasteiger partial charge in [-0.05, 0) is 39.0 Å². The Kier molecular flexibility index (Phi) is 5.49. The van der Waals surface area contributed by atoms with Gasteiger partial charge < -0.3 is 14.4 Å². The molecule has 0 aliphatic rings. The molecule has 0 saturated carbocycles. The number of ether oxygens (including phenoxy) is 2. The van der Waals surface area contributed by atoms with Crippen LogP contribution in [0, 0.1) is 13.8 Å². The lowest BCUT2D eigenvalue weighted by atomic mass is 9.97. The van der Waals surface area contributed by atoms with Crippen LogP contribution in [0.25, 0.3) is 0 Å². The maximum Gasteiger partial charge on any atom is 0.230 e. The molecule has 1 N–H and O–H groups in total. The number of aromatic nitrogens is 2. The number of nitrogens with zero attached hydrogens (tertiary/aromatic N) is 2. The van der Waals surface area contributed by atoms with Gasteiger partial charge >= 0.3 is 0 Å². The van der Waals surface area contributed by atoms with Crippen LogP contribution in [0.1, 0.15) is 35.4 Å². The van der Waals surface area contributed by atoms with E-state index in [1.54, 1.807) is 26.2 Å². The molecule has 1 unspecified atom stereocenters. The van der Waals surface area contributed by atoms with Crippen LogP contribution in [-0.2, 0) is 11.3 Å². The summed E-state index contributed by atoms with van der Waals surface area (Å²) >= 11 is 0. The van der Waals surface area contributed by atoms with Crippen LogP contribution in [0.4, 0.5) is 0 Å². The summed E-state index contributed by atoms with van der Waals surface area (Å²) in [5.41, 5.74) is 3.66. The fraction of sp³-hybridized carbons (Fsp3) is 0.444. The lowest BCUT2D eigenvalue weighted by Gasteiger charge is -2.23. The highest BCUT2D eigenvalue weighted by molar-refractivity contribution is 5.83. The molecule has 0 fully saturated rings. The second-order valence-corrected chi connectivity index (χ2v) is 5.94. The minimum atomic E-state index is -0.259. The topological polar surface area (TPSA) is 67.5 Å². The van der Waals surface area contributed by atoms with Crippen LogP contribution in [0.15, 0.2) is 18.2 Å². The van der Waals surface area contributed by atoms with Crippen molar-refractivity contribution in [3.8, 4) is 11.5 Å². The minimum Gasteiger partial charge on any atom is -0.497 e. The van der Waals surface area contributed by atoms with Gasteiger partial charge in [-0.1, -0.05) is 0 Å². The summed E-state index contributed by atoms with van der Waals surface area (Å²) in [6, 6.07) is 5.58. The second-order valence-electron chi connectivity index (χ2n) is 5.94. The quantitative estimate of drug-likeness (QED) is 0.884. The number of nitrogens with one attached hydrogen (secondary N) is 1. The number of hydrogen-bond acceptors (Lipinski definition) is 4. The molecule has 1 aromatic carbocycles. The molecule has 1 amide bonds. The molecule has 6 heteroatoms. The third kappa shape index (κ3) is 3.53. The van der Waals surface area contributed by atoms with E-state index in [1.165, 1.54) is 0 Å². The largest absolute Gasteiger partial charge is 0.497 e. The van der Waals surface area contributed by atoms with Gasteiger partial charge in [0, 0.05) is 30.4 Å². The second kappa shape index (κ2) is 7.38. The van der Waals surface area contributed by atoms with Gasteiger partial charge in [-0.3, -0.25) is 9.89 Å². The van der Waals surface area contributed by atoms with Crippen LogP contribution in [-0.4, -0.2) is 42.3 Å². The SMILES string of the molecule is COc1ccc(OC)c(CN(C)C(=O)C(C)c2c(C)n[nH]c2C)c1. The number of hydrogen-bond donors (Lipinski definition) is 1. The van der Waals surface area contributed by atoms with E-state index in [2.05, 4.69) is 10.2 Å². The number of rotatable bonds is 6. The lowest BCUT2D eigenvalue weighted by Crippen LogP contribution is -2.30. The molecule has 0 saturated heterocycles. The number of carbonyl (C=O) groups is 1. The Bertz CT molecular complexity index is 705. The predicted octanol–water partition coefficient (Wildman–Crippen LogP) is 2.81. The van der Waals surface area contributed by atoms with E-state index in [0.717, 1.165) is 34.0 Å². The normalized spacial score (nSPS) is 11.9. The summed E-state index contributed by atoms with van der Waals surface area (Å²) in [6.45, 7) is 6.20. The summed E-state index contributed by atoms with van der Waals surface area (Å²) in [5.74, 6) is 1.25. The highest BCUT2D eigenvalue weighted by Crippen LogP contribution is 2.27. The van der Waals surface area contributed by atoms with E-state index in [9.17, 15) is 4.79 Å². The Labute approximate surface area is 142 Å². The fourth-order valence-electron chi connectivity index (χ4n) is 2.99. The standard InChI is InChI=1S/C18H25N3O3/c1-11(17-12(2)19-20-13(17)3)18(22)21(4)10-14-9-15(23-5)7-8-16(14)24-6/h7-9,11H,10H2,1-6H3,(H,19,20).